The maximum Gasteiger partial charge on any atom is 0.407 e. The molecular weight excluding hydrogens is 1340 g/mol. The molecule has 4 fully saturated rings. The number of alkyl carbamates (subject to hydrolysis) is 3. The van der Waals surface area contributed by atoms with Crippen molar-refractivity contribution in [2.45, 2.75) is 112 Å². The number of methoxy groups -OCH3 is 2. The molecule has 10 rings (SSSR count). The summed E-state index contributed by atoms with van der Waals surface area (Å²) in [7, 11) is -5.65. The van der Waals surface area contributed by atoms with E-state index >= 15 is 0 Å². The van der Waals surface area contributed by atoms with Gasteiger partial charge in [-0.2, -0.15) is 8.61 Å². The van der Waals surface area contributed by atoms with E-state index in [1.165, 1.54) is 53.2 Å². The number of aliphatic hydroxyl groups excluding tert-OH is 2. The number of hydrogen-bond acceptors (Lipinski definition) is 25. The highest BCUT2D eigenvalue weighted by atomic mass is 35.5. The summed E-state index contributed by atoms with van der Waals surface area (Å²) in [6, 6.07) is 21.2. The Balaban J connectivity index is 0.000000232. The van der Waals surface area contributed by atoms with Crippen LogP contribution in [-0.4, -0.2) is 215 Å². The fourth-order valence-electron chi connectivity index (χ4n) is 11.2. The van der Waals surface area contributed by atoms with E-state index in [-0.39, 0.29) is 119 Å². The van der Waals surface area contributed by atoms with Crippen molar-refractivity contribution in [3.05, 3.63) is 96.1 Å². The van der Waals surface area contributed by atoms with Gasteiger partial charge in [0.2, 0.25) is 33.6 Å². The van der Waals surface area contributed by atoms with Crippen LogP contribution < -0.4 is 50.1 Å². The number of hydrogen-bond donors (Lipinski definition) is 6. The van der Waals surface area contributed by atoms with Gasteiger partial charge < -0.3 is 98.2 Å². The molecule has 0 unspecified atom stereocenters. The van der Waals surface area contributed by atoms with Crippen LogP contribution in [0.4, 0.5) is 19.2 Å². The third-order valence-electron chi connectivity index (χ3n) is 16.0. The van der Waals surface area contributed by atoms with Crippen LogP contribution in [-0.2, 0) is 70.8 Å². The minimum Gasteiger partial charge on any atom is -0.492 e. The molecule has 4 aromatic rings. The predicted molar refractivity (Wildman–Crippen MR) is 345 cm³/mol. The summed E-state index contributed by atoms with van der Waals surface area (Å²) < 4.78 is 133. The molecule has 0 aliphatic carbocycles. The molecule has 4 aromatic carbocycles. The zero-order valence-corrected chi connectivity index (χ0v) is 57.2. The van der Waals surface area contributed by atoms with Gasteiger partial charge in [-0.3, -0.25) is 0 Å². The molecule has 3 amide bonds. The van der Waals surface area contributed by atoms with Crippen molar-refractivity contribution in [1.82, 2.24) is 24.6 Å². The summed E-state index contributed by atoms with van der Waals surface area (Å²) in [5, 5.41) is 31.3. The van der Waals surface area contributed by atoms with Crippen LogP contribution in [0.15, 0.2) is 94.7 Å². The zero-order valence-electron chi connectivity index (χ0n) is 54.8. The second-order valence-corrected chi connectivity index (χ2v) is 28.3. The Morgan fingerprint density at radius 3 is 1.38 bits per heavy atom. The number of carbonyl (C=O) groups excluding carboxylic acids is 4. The molecule has 0 spiro atoms. The zero-order chi connectivity index (χ0) is 69.8. The number of halogens is 1. The largest absolute Gasteiger partial charge is 0.492 e. The average molecular weight is 1420 g/mol. The Bertz CT molecular complexity index is 3450. The Kier molecular flexibility index (Phi) is 28.1. The van der Waals surface area contributed by atoms with Crippen molar-refractivity contribution in [3.63, 3.8) is 0 Å². The van der Waals surface area contributed by atoms with Crippen LogP contribution >= 0.6 is 11.6 Å². The lowest BCUT2D eigenvalue weighted by molar-refractivity contribution is -0.0909. The summed E-state index contributed by atoms with van der Waals surface area (Å²) in [4.78, 5) is 46.9. The van der Waals surface area contributed by atoms with E-state index in [1.54, 1.807) is 42.5 Å². The van der Waals surface area contributed by atoms with E-state index in [9.17, 15) is 46.2 Å². The average Bonchev–Trinajstić information content (AvgIpc) is 1.82. The fraction of sp³-hybridized carbons (Fsp3) is 0.562. The van der Waals surface area contributed by atoms with Gasteiger partial charge in [0.15, 0.2) is 35.6 Å². The summed E-state index contributed by atoms with van der Waals surface area (Å²) >= 11 is 4.60. The van der Waals surface area contributed by atoms with E-state index in [1.807, 2.05) is 39.8 Å². The van der Waals surface area contributed by atoms with Crippen molar-refractivity contribution in [1.29, 1.82) is 0 Å². The second-order valence-electron chi connectivity index (χ2n) is 24.1. The molecule has 7 N–H and O–H groups in total. The van der Waals surface area contributed by atoms with Gasteiger partial charge in [0, 0.05) is 56.5 Å². The number of ether oxygens (including phenoxy) is 14. The molecule has 0 aromatic heterocycles. The lowest BCUT2D eigenvalue weighted by atomic mass is 10.0. The standard InChI is InChI=1S/C32H43N3O12S.C30H41N3O10S.C2H3ClO2/c1-20(2)16-35(48(39,40)23-8-9-27-28(15-23)46-19-45-27)17-26(36)25(34-32(38)47-29-18-44-30-24(29)10-12-43-30)14-21-4-6-22(7-5-21)42-13-11-33-31(37)41-3;1-19(2)15-33(44(36,37)22-7-8-26-27(14-22)42-18-41-26)16-25(34)24(13-20-3-5-21(6-4-20)38-12-10-31)32-30(35)43-28-17-40-29-23(28)9-11-39-29;1-5-2(3)4/h4-9,15,20,24-26,29-30,36H,10-14,16-19H2,1-3H3,(H,33,37)(H,34,38);3-8,14,19,23-25,28-29,34H,9-13,15-18,31H2,1-2H3,(H,32,35);1H3/t24-,25-,26+,29+,30+;23-,24-,25+,28+,29+;/m00./s1. The van der Waals surface area contributed by atoms with Crippen LogP contribution in [0.3, 0.4) is 0 Å². The molecule has 0 saturated carbocycles. The smallest absolute Gasteiger partial charge is 0.407 e. The Labute approximate surface area is 568 Å². The van der Waals surface area contributed by atoms with E-state index in [0.717, 1.165) is 17.5 Å². The van der Waals surface area contributed by atoms with Gasteiger partial charge in [-0.05, 0) is 97.2 Å². The van der Waals surface area contributed by atoms with Crippen LogP contribution in [0.1, 0.15) is 51.7 Å². The van der Waals surface area contributed by atoms with Gasteiger partial charge in [0.25, 0.3) is 0 Å². The maximum atomic E-state index is 13.9. The first-order valence-electron chi connectivity index (χ1n) is 31.7. The van der Waals surface area contributed by atoms with Gasteiger partial charge in [-0.25, -0.2) is 36.0 Å². The molecule has 536 valence electrons. The van der Waals surface area contributed by atoms with Gasteiger partial charge in [-0.15, -0.1) is 0 Å². The number of fused-ring (bicyclic) bond motifs is 4. The van der Waals surface area contributed by atoms with Crippen molar-refractivity contribution in [3.8, 4) is 34.5 Å². The highest BCUT2D eigenvalue weighted by Gasteiger charge is 2.46. The van der Waals surface area contributed by atoms with Gasteiger partial charge in [-0.1, -0.05) is 52.0 Å². The summed E-state index contributed by atoms with van der Waals surface area (Å²) in [5.74, 6) is 2.49. The Morgan fingerprint density at radius 1 is 0.577 bits per heavy atom. The second kappa shape index (κ2) is 36.0. The number of nitrogens with zero attached hydrogens (tertiary/aromatic N) is 2. The number of sulfonamides is 2. The summed E-state index contributed by atoms with van der Waals surface area (Å²) in [6.07, 6.45) is -4.70. The molecule has 97 heavy (non-hydrogen) atoms. The predicted octanol–water partition coefficient (Wildman–Crippen LogP) is 5.11. The van der Waals surface area contributed by atoms with Crippen LogP contribution in [0.2, 0.25) is 0 Å². The molecule has 6 aliphatic rings. The Hall–Kier alpha value is -7.21. The monoisotopic (exact) mass is 1420 g/mol. The molecule has 33 heteroatoms. The lowest BCUT2D eigenvalue weighted by Crippen LogP contribution is -2.51. The first kappa shape index (κ1) is 75.6. The van der Waals surface area contributed by atoms with Crippen LogP contribution in [0.5, 0.6) is 34.5 Å². The molecule has 0 bridgehead atoms. The van der Waals surface area contributed by atoms with Crippen molar-refractivity contribution in [2.75, 3.05) is 107 Å². The molecule has 6 aliphatic heterocycles. The molecule has 30 nitrogen and oxygen atoms in total. The van der Waals surface area contributed by atoms with E-state index in [0.29, 0.717) is 67.3 Å². The number of amides is 3. The number of nitrogens with one attached hydrogen (secondary N) is 3. The third kappa shape index (κ3) is 21.6. The van der Waals surface area contributed by atoms with Crippen molar-refractivity contribution < 1.29 is 113 Å². The summed E-state index contributed by atoms with van der Waals surface area (Å²) in [5.41, 5.74) is 6.28. The maximum absolute atomic E-state index is 13.9. The van der Waals surface area contributed by atoms with Crippen LogP contribution in [0, 0.1) is 23.7 Å². The first-order chi connectivity index (χ1) is 46.4. The minimum atomic E-state index is -4.09. The molecule has 10 atom stereocenters. The van der Waals surface area contributed by atoms with E-state index in [2.05, 4.69) is 37.0 Å². The summed E-state index contributed by atoms with van der Waals surface area (Å²) in [6.45, 7) is 9.89. The van der Waals surface area contributed by atoms with E-state index in [4.69, 9.17) is 62.6 Å². The van der Waals surface area contributed by atoms with Gasteiger partial charge in [0.1, 0.15) is 36.9 Å². The van der Waals surface area contributed by atoms with Crippen molar-refractivity contribution in [2.24, 2.45) is 29.4 Å². The SMILES string of the molecule is CC(C)CN(C[C@@H](O)[C@H](Cc1ccc(OCCN)cc1)NC(=O)O[C@@H]1CO[C@H]2OCC[C@H]21)S(=O)(=O)c1ccc2c(c1)OCO2.COC(=O)Cl.COC(=O)NCCOc1ccc(C[C@H](NC(=O)O[C@@H]2CO[C@H]3OCC[C@H]32)[C@H](O)CN(CC(C)C)S(=O)(=O)c2ccc3c(c2)OCO3)cc1. The van der Waals surface area contributed by atoms with Gasteiger partial charge in [0.05, 0.1) is 93.1 Å². The molecule has 6 heterocycles. The molecule has 0 radical (unpaired) electrons. The normalized spacial score (nSPS) is 20.8. The molecule has 4 saturated heterocycles. The quantitative estimate of drug-likeness (QED) is 0.0234. The van der Waals surface area contributed by atoms with E-state index < -0.39 is 86.5 Å². The number of aliphatic hydroxyl groups is 2. The van der Waals surface area contributed by atoms with Gasteiger partial charge >= 0.3 is 23.7 Å². The minimum absolute atomic E-state index is 0.00216. The topological polar surface area (TPSA) is 375 Å². The highest BCUT2D eigenvalue weighted by Crippen LogP contribution is 2.38. The van der Waals surface area contributed by atoms with Crippen LogP contribution in [0.25, 0.3) is 0 Å². The Morgan fingerprint density at radius 2 is 0.990 bits per heavy atom. The number of benzene rings is 4. The number of nitrogens with two attached hydrogens (primary N) is 1. The first-order valence-corrected chi connectivity index (χ1v) is 35.0. The molecular formula is C64H87ClN6O24S2. The number of carbonyl (C=O) groups is 4. The lowest BCUT2D eigenvalue weighted by Gasteiger charge is -2.31. The number of rotatable bonds is 29. The third-order valence-corrected chi connectivity index (χ3v) is 19.8. The van der Waals surface area contributed by atoms with Crippen molar-refractivity contribution >= 4 is 55.4 Å². The fourth-order valence-corrected chi connectivity index (χ4v) is 14.5. The highest BCUT2D eigenvalue weighted by molar-refractivity contribution is 7.89.